The molecule has 2 amide bonds. The lowest BCUT2D eigenvalue weighted by molar-refractivity contribution is 0.163. The summed E-state index contributed by atoms with van der Waals surface area (Å²) in [5.41, 5.74) is 4.59. The predicted octanol–water partition coefficient (Wildman–Crippen LogP) is 4.11. The van der Waals surface area contributed by atoms with Crippen LogP contribution in [0.1, 0.15) is 54.6 Å². The zero-order valence-corrected chi connectivity index (χ0v) is 17.8. The Bertz CT molecular complexity index is 809. The quantitative estimate of drug-likeness (QED) is 0.845. The Labute approximate surface area is 168 Å². The summed E-state index contributed by atoms with van der Waals surface area (Å²) in [6.07, 6.45) is 4.06. The summed E-state index contributed by atoms with van der Waals surface area (Å²) in [6, 6.07) is 8.82. The molecule has 0 radical (unpaired) electrons. The first-order valence-corrected chi connectivity index (χ1v) is 10.2. The first-order valence-electron chi connectivity index (χ1n) is 10.2. The van der Waals surface area contributed by atoms with E-state index in [1.165, 1.54) is 11.1 Å². The number of likely N-dealkylation sites (tertiary alicyclic amines) is 1. The molecule has 0 saturated carbocycles. The molecule has 0 spiro atoms. The highest BCUT2D eigenvalue weighted by molar-refractivity contribution is 5.89. The van der Waals surface area contributed by atoms with Gasteiger partial charge in [-0.25, -0.2) is 4.79 Å². The molecule has 0 aliphatic carbocycles. The summed E-state index contributed by atoms with van der Waals surface area (Å²) in [5.74, 6) is 0.815. The Balaban J connectivity index is 1.78. The monoisotopic (exact) mass is 383 g/mol. The number of urea groups is 1. The second-order valence-corrected chi connectivity index (χ2v) is 8.00. The van der Waals surface area contributed by atoms with Gasteiger partial charge in [0.2, 0.25) is 0 Å². The minimum atomic E-state index is -0.0280. The van der Waals surface area contributed by atoms with Gasteiger partial charge in [-0.05, 0) is 57.8 Å². The molecule has 28 heavy (non-hydrogen) atoms. The molecular formula is C22H33N5O. The van der Waals surface area contributed by atoms with Gasteiger partial charge in [0, 0.05) is 25.7 Å². The van der Waals surface area contributed by atoms with E-state index in [1.807, 2.05) is 18.9 Å². The van der Waals surface area contributed by atoms with Gasteiger partial charge in [-0.1, -0.05) is 31.2 Å². The number of hydrogen-bond donors (Lipinski definition) is 1. The minimum Gasteiger partial charge on any atom is -0.317 e. The lowest BCUT2D eigenvalue weighted by Gasteiger charge is -2.36. The molecule has 2 heterocycles. The number of aryl methyl sites for hydroxylation is 2. The Morgan fingerprint density at radius 3 is 2.61 bits per heavy atom. The Hall–Kier alpha value is -2.34. The number of nitrogens with zero attached hydrogens (tertiary/aromatic N) is 4. The van der Waals surface area contributed by atoms with Crippen LogP contribution < -0.4 is 5.32 Å². The summed E-state index contributed by atoms with van der Waals surface area (Å²) in [5, 5.41) is 7.61. The van der Waals surface area contributed by atoms with Crippen LogP contribution in [0.15, 0.2) is 24.3 Å². The van der Waals surface area contributed by atoms with E-state index in [9.17, 15) is 4.79 Å². The van der Waals surface area contributed by atoms with Crippen molar-refractivity contribution in [1.29, 1.82) is 0 Å². The number of benzene rings is 1. The van der Waals surface area contributed by atoms with Crippen molar-refractivity contribution in [3.05, 3.63) is 46.6 Å². The molecule has 6 heteroatoms. The maximum Gasteiger partial charge on any atom is 0.323 e. The second kappa shape index (κ2) is 8.78. The smallest absolute Gasteiger partial charge is 0.317 e. The summed E-state index contributed by atoms with van der Waals surface area (Å²) in [4.78, 5) is 17.3. The van der Waals surface area contributed by atoms with Crippen LogP contribution in [0.3, 0.4) is 0 Å². The highest BCUT2D eigenvalue weighted by atomic mass is 16.2. The lowest BCUT2D eigenvalue weighted by Crippen LogP contribution is -2.41. The molecule has 1 fully saturated rings. The van der Waals surface area contributed by atoms with Crippen molar-refractivity contribution in [3.63, 3.8) is 0 Å². The molecule has 1 atom stereocenters. The van der Waals surface area contributed by atoms with Gasteiger partial charge >= 0.3 is 6.03 Å². The van der Waals surface area contributed by atoms with E-state index in [4.69, 9.17) is 0 Å². The second-order valence-electron chi connectivity index (χ2n) is 8.00. The highest BCUT2D eigenvalue weighted by Crippen LogP contribution is 2.32. The third kappa shape index (κ3) is 4.38. The zero-order valence-electron chi connectivity index (χ0n) is 17.8. The van der Waals surface area contributed by atoms with Crippen LogP contribution in [-0.4, -0.2) is 46.3 Å². The van der Waals surface area contributed by atoms with E-state index in [1.54, 1.807) is 4.68 Å². The summed E-state index contributed by atoms with van der Waals surface area (Å²) in [7, 11) is 6.04. The number of amides is 2. The van der Waals surface area contributed by atoms with Crippen molar-refractivity contribution in [3.8, 4) is 0 Å². The van der Waals surface area contributed by atoms with E-state index in [2.05, 4.69) is 60.6 Å². The largest absolute Gasteiger partial charge is 0.323 e. The van der Waals surface area contributed by atoms with Gasteiger partial charge < -0.3 is 9.80 Å². The molecular weight excluding hydrogens is 350 g/mol. The molecule has 0 unspecified atom stereocenters. The van der Waals surface area contributed by atoms with Crippen LogP contribution >= 0.6 is 0 Å². The Kier molecular flexibility index (Phi) is 6.39. The normalized spacial score (nSPS) is 17.2. The molecule has 6 nitrogen and oxygen atoms in total. The minimum absolute atomic E-state index is 0.0280. The molecule has 1 aromatic heterocycles. The van der Waals surface area contributed by atoms with Crippen molar-refractivity contribution in [2.24, 2.45) is 7.05 Å². The van der Waals surface area contributed by atoms with E-state index in [-0.39, 0.29) is 12.1 Å². The van der Waals surface area contributed by atoms with Gasteiger partial charge in [0.25, 0.3) is 0 Å². The van der Waals surface area contributed by atoms with E-state index in [0.717, 1.165) is 55.8 Å². The van der Waals surface area contributed by atoms with Gasteiger partial charge in [0.1, 0.15) is 5.82 Å². The molecule has 1 aromatic carbocycles. The van der Waals surface area contributed by atoms with Crippen LogP contribution in [-0.2, 0) is 20.0 Å². The summed E-state index contributed by atoms with van der Waals surface area (Å²) in [6.45, 7) is 5.80. The van der Waals surface area contributed by atoms with Gasteiger partial charge in [-0.3, -0.25) is 10.00 Å². The van der Waals surface area contributed by atoms with Crippen molar-refractivity contribution in [2.75, 3.05) is 26.0 Å². The molecule has 3 rings (SSSR count). The average Bonchev–Trinajstić information content (AvgIpc) is 2.94. The number of carbonyl (C=O) groups excluding carboxylic acids is 1. The number of rotatable bonds is 5. The van der Waals surface area contributed by atoms with Gasteiger partial charge in [0.15, 0.2) is 0 Å². The van der Waals surface area contributed by atoms with Crippen molar-refractivity contribution < 1.29 is 4.79 Å². The van der Waals surface area contributed by atoms with Crippen LogP contribution in [0.5, 0.6) is 0 Å². The molecule has 1 N–H and O–H groups in total. The van der Waals surface area contributed by atoms with Crippen LogP contribution in [0, 0.1) is 6.92 Å². The molecule has 1 aliphatic rings. The maximum absolute atomic E-state index is 13.2. The van der Waals surface area contributed by atoms with Crippen molar-refractivity contribution in [2.45, 2.75) is 52.1 Å². The molecule has 152 valence electrons. The third-order valence-corrected chi connectivity index (χ3v) is 5.55. The van der Waals surface area contributed by atoms with Gasteiger partial charge in [0.05, 0.1) is 11.7 Å². The van der Waals surface area contributed by atoms with E-state index in [0.29, 0.717) is 0 Å². The number of hydrogen-bond acceptors (Lipinski definition) is 3. The maximum atomic E-state index is 13.2. The SMILES string of the molecule is CCc1c(C)nn(C)c1NC(=O)N1CCCC[C@@H]1c1ccc(CN(C)C)cc1. The standard InChI is InChI=1S/C22H33N5O/c1-6-19-16(2)24-26(5)21(19)23-22(28)27-14-8-7-9-20(27)18-12-10-17(11-13-18)15-25(3)4/h10-13,20H,6-9,14-15H2,1-5H3,(H,23,28)/t20-/m1/s1. The van der Waals surface area contributed by atoms with E-state index < -0.39 is 0 Å². The number of nitrogens with one attached hydrogen (secondary N) is 1. The van der Waals surface area contributed by atoms with Gasteiger partial charge in [-0.2, -0.15) is 5.10 Å². The van der Waals surface area contributed by atoms with Gasteiger partial charge in [-0.15, -0.1) is 0 Å². The number of carbonyl (C=O) groups is 1. The average molecular weight is 384 g/mol. The predicted molar refractivity (Wildman–Crippen MR) is 113 cm³/mol. The fourth-order valence-corrected chi connectivity index (χ4v) is 4.19. The first-order chi connectivity index (χ1) is 13.4. The highest BCUT2D eigenvalue weighted by Gasteiger charge is 2.29. The van der Waals surface area contributed by atoms with Crippen molar-refractivity contribution in [1.82, 2.24) is 19.6 Å². The molecule has 1 saturated heterocycles. The summed E-state index contributed by atoms with van der Waals surface area (Å²) < 4.78 is 1.78. The van der Waals surface area contributed by atoms with Crippen LogP contribution in [0.2, 0.25) is 0 Å². The molecule has 2 aromatic rings. The van der Waals surface area contributed by atoms with Crippen LogP contribution in [0.4, 0.5) is 10.6 Å². The number of aromatic nitrogens is 2. The first kappa shape index (κ1) is 20.4. The number of anilines is 1. The van der Waals surface area contributed by atoms with E-state index >= 15 is 0 Å². The molecule has 0 bridgehead atoms. The number of piperidine rings is 1. The Morgan fingerprint density at radius 1 is 1.25 bits per heavy atom. The third-order valence-electron chi connectivity index (χ3n) is 5.55. The fourth-order valence-electron chi connectivity index (χ4n) is 4.19. The lowest BCUT2D eigenvalue weighted by atomic mass is 9.95. The Morgan fingerprint density at radius 2 is 1.96 bits per heavy atom. The fraction of sp³-hybridized carbons (Fsp3) is 0.545. The summed E-state index contributed by atoms with van der Waals surface area (Å²) >= 11 is 0. The molecule has 1 aliphatic heterocycles. The van der Waals surface area contributed by atoms with Crippen LogP contribution in [0.25, 0.3) is 0 Å². The van der Waals surface area contributed by atoms with Crippen molar-refractivity contribution >= 4 is 11.8 Å². The topological polar surface area (TPSA) is 53.4 Å². The zero-order chi connectivity index (χ0) is 20.3.